The van der Waals surface area contributed by atoms with E-state index >= 15 is 0 Å². The van der Waals surface area contributed by atoms with E-state index in [1.807, 2.05) is 60.7 Å². The summed E-state index contributed by atoms with van der Waals surface area (Å²) in [5.41, 5.74) is 7.19. The van der Waals surface area contributed by atoms with Gasteiger partial charge in [0, 0.05) is 24.2 Å². The van der Waals surface area contributed by atoms with Crippen LogP contribution >= 0.6 is 0 Å². The maximum Gasteiger partial charge on any atom is 0.290 e. The first-order chi connectivity index (χ1) is 17.5. The Labute approximate surface area is 206 Å². The normalized spacial score (nSPS) is 10.8. The lowest BCUT2D eigenvalue weighted by atomic mass is 10.1. The Bertz CT molecular complexity index is 1620. The van der Waals surface area contributed by atoms with Crippen molar-refractivity contribution in [2.24, 2.45) is 7.05 Å². The quantitative estimate of drug-likeness (QED) is 0.378. The van der Waals surface area contributed by atoms with Crippen molar-refractivity contribution in [3.8, 4) is 11.3 Å². The number of aryl methyl sites for hydroxylation is 1. The lowest BCUT2D eigenvalue weighted by Gasteiger charge is -2.10. The van der Waals surface area contributed by atoms with E-state index in [2.05, 4.69) is 21.0 Å². The van der Waals surface area contributed by atoms with Gasteiger partial charge < -0.3 is 0 Å². The highest BCUT2D eigenvalue weighted by molar-refractivity contribution is 6.06. The number of hydrogen-bond donors (Lipinski definition) is 2. The van der Waals surface area contributed by atoms with E-state index < -0.39 is 11.8 Å². The van der Waals surface area contributed by atoms with Gasteiger partial charge in [-0.3, -0.25) is 29.9 Å². The number of nitrogens with zero attached hydrogens (tertiary/aromatic N) is 4. The number of hydrazine groups is 1. The van der Waals surface area contributed by atoms with Gasteiger partial charge >= 0.3 is 0 Å². The van der Waals surface area contributed by atoms with Crippen LogP contribution in [0.1, 0.15) is 26.4 Å². The lowest BCUT2D eigenvalue weighted by molar-refractivity contribution is 0.0844. The van der Waals surface area contributed by atoms with Gasteiger partial charge in [0.15, 0.2) is 5.69 Å². The fraction of sp³-hybridized carbons (Fsp3) is 0.0741. The Morgan fingerprint density at radius 2 is 1.39 bits per heavy atom. The van der Waals surface area contributed by atoms with E-state index in [4.69, 9.17) is 0 Å². The van der Waals surface area contributed by atoms with E-state index in [1.165, 1.54) is 7.05 Å². The third kappa shape index (κ3) is 4.49. The number of nitrogens with one attached hydrogen (secondary N) is 2. The molecule has 0 aliphatic rings. The average molecular weight is 479 g/mol. The van der Waals surface area contributed by atoms with Gasteiger partial charge in [0.25, 0.3) is 17.4 Å². The fourth-order valence-corrected chi connectivity index (χ4v) is 3.96. The summed E-state index contributed by atoms with van der Waals surface area (Å²) in [5.74, 6) is -1.18. The first-order valence-electron chi connectivity index (χ1n) is 11.2. The van der Waals surface area contributed by atoms with E-state index in [9.17, 15) is 14.4 Å². The summed E-state index contributed by atoms with van der Waals surface area (Å²) < 4.78 is 2.79. The Morgan fingerprint density at radius 1 is 0.778 bits per heavy atom. The molecule has 9 heteroatoms. The molecular formula is C27H22N6O3. The Morgan fingerprint density at radius 3 is 2.11 bits per heavy atom. The van der Waals surface area contributed by atoms with Crippen molar-refractivity contribution < 1.29 is 9.59 Å². The van der Waals surface area contributed by atoms with Gasteiger partial charge in [0.05, 0.1) is 17.5 Å². The topological polar surface area (TPSA) is 111 Å². The van der Waals surface area contributed by atoms with Gasteiger partial charge in [0.2, 0.25) is 0 Å². The van der Waals surface area contributed by atoms with Crippen LogP contribution in [0.2, 0.25) is 0 Å². The van der Waals surface area contributed by atoms with Crippen LogP contribution in [0.3, 0.4) is 0 Å². The molecule has 0 fully saturated rings. The van der Waals surface area contributed by atoms with Crippen molar-refractivity contribution >= 4 is 22.6 Å². The van der Waals surface area contributed by atoms with Gasteiger partial charge in [-0.25, -0.2) is 4.68 Å². The SMILES string of the molecule is Cn1nc(C(=O)NNC(=O)c2cn(Cc3ccccc3)nc2-c2ccccc2)c2ccccc2c1=O. The summed E-state index contributed by atoms with van der Waals surface area (Å²) in [7, 11) is 1.47. The van der Waals surface area contributed by atoms with Crippen molar-refractivity contribution in [1.82, 2.24) is 30.4 Å². The molecule has 2 aromatic heterocycles. The second-order valence-electron chi connectivity index (χ2n) is 8.17. The standard InChI is InChI=1S/C27H22N6O3/c1-32-27(36)21-15-9-8-14-20(21)24(30-32)26(35)29-28-25(34)22-17-33(16-18-10-4-2-5-11-18)31-23(22)19-12-6-3-7-13-19/h2-15,17H,16H2,1H3,(H,28,34)(H,29,35). The van der Waals surface area contributed by atoms with Crippen molar-refractivity contribution in [2.45, 2.75) is 6.54 Å². The molecule has 0 aliphatic carbocycles. The van der Waals surface area contributed by atoms with Gasteiger partial charge in [0.1, 0.15) is 5.69 Å². The molecule has 0 saturated heterocycles. The number of hydrogen-bond acceptors (Lipinski definition) is 5. The molecule has 2 amide bonds. The molecule has 0 aliphatic heterocycles. The van der Waals surface area contributed by atoms with Crippen LogP contribution in [-0.4, -0.2) is 31.4 Å². The Hall–Kier alpha value is -5.05. The monoisotopic (exact) mass is 478 g/mol. The summed E-state index contributed by atoms with van der Waals surface area (Å²) >= 11 is 0. The zero-order valence-corrected chi connectivity index (χ0v) is 19.4. The first kappa shape index (κ1) is 22.7. The summed E-state index contributed by atoms with van der Waals surface area (Å²) in [6.45, 7) is 0.480. The Kier molecular flexibility index (Phi) is 6.10. The molecule has 2 N–H and O–H groups in total. The van der Waals surface area contributed by atoms with E-state index in [0.717, 1.165) is 15.8 Å². The molecule has 9 nitrogen and oxygen atoms in total. The zero-order valence-electron chi connectivity index (χ0n) is 19.4. The number of carbonyl (C=O) groups excluding carboxylic acids is 2. The summed E-state index contributed by atoms with van der Waals surface area (Å²) in [6, 6.07) is 25.8. The van der Waals surface area contributed by atoms with E-state index in [0.29, 0.717) is 28.6 Å². The molecule has 0 radical (unpaired) electrons. The third-order valence-electron chi connectivity index (χ3n) is 5.70. The maximum atomic E-state index is 13.2. The highest BCUT2D eigenvalue weighted by Gasteiger charge is 2.20. The molecule has 2 heterocycles. The van der Waals surface area contributed by atoms with Crippen LogP contribution in [0, 0.1) is 0 Å². The van der Waals surface area contributed by atoms with Crippen molar-refractivity contribution in [1.29, 1.82) is 0 Å². The van der Waals surface area contributed by atoms with Crippen LogP contribution in [-0.2, 0) is 13.6 Å². The molecule has 5 aromatic rings. The zero-order chi connectivity index (χ0) is 25.1. The molecular weight excluding hydrogens is 456 g/mol. The van der Waals surface area contributed by atoms with Crippen LogP contribution in [0.15, 0.2) is 95.9 Å². The molecule has 0 spiro atoms. The molecule has 3 aromatic carbocycles. The minimum Gasteiger partial charge on any atom is -0.267 e. The summed E-state index contributed by atoms with van der Waals surface area (Å²) in [4.78, 5) is 38.5. The highest BCUT2D eigenvalue weighted by atomic mass is 16.2. The largest absolute Gasteiger partial charge is 0.290 e. The summed E-state index contributed by atoms with van der Waals surface area (Å²) in [5, 5.41) is 9.49. The minimum atomic E-state index is -0.645. The molecule has 0 atom stereocenters. The predicted octanol–water partition coefficient (Wildman–Crippen LogP) is 2.92. The molecule has 0 unspecified atom stereocenters. The van der Waals surface area contributed by atoms with Crippen LogP contribution < -0.4 is 16.4 Å². The smallest absolute Gasteiger partial charge is 0.267 e. The van der Waals surface area contributed by atoms with Gasteiger partial charge in [-0.2, -0.15) is 10.2 Å². The third-order valence-corrected chi connectivity index (χ3v) is 5.70. The number of rotatable bonds is 5. The molecule has 0 saturated carbocycles. The number of carbonyl (C=O) groups is 2. The number of fused-ring (bicyclic) bond motifs is 1. The van der Waals surface area contributed by atoms with E-state index in [-0.39, 0.29) is 11.3 Å². The van der Waals surface area contributed by atoms with Gasteiger partial charge in [-0.1, -0.05) is 78.9 Å². The number of benzene rings is 3. The molecule has 5 rings (SSSR count). The van der Waals surface area contributed by atoms with Crippen molar-refractivity contribution in [2.75, 3.05) is 0 Å². The van der Waals surface area contributed by atoms with Gasteiger partial charge in [-0.15, -0.1) is 0 Å². The van der Waals surface area contributed by atoms with Crippen LogP contribution in [0.5, 0.6) is 0 Å². The second kappa shape index (κ2) is 9.67. The first-order valence-corrected chi connectivity index (χ1v) is 11.2. The average Bonchev–Trinajstić information content (AvgIpc) is 3.34. The molecule has 36 heavy (non-hydrogen) atoms. The Balaban J connectivity index is 1.42. The minimum absolute atomic E-state index is 0.0241. The maximum absolute atomic E-state index is 13.2. The van der Waals surface area contributed by atoms with E-state index in [1.54, 1.807) is 35.1 Å². The van der Waals surface area contributed by atoms with Gasteiger partial charge in [-0.05, 0) is 11.6 Å². The summed E-state index contributed by atoms with van der Waals surface area (Å²) in [6.07, 6.45) is 1.65. The number of aromatic nitrogens is 4. The highest BCUT2D eigenvalue weighted by Crippen LogP contribution is 2.22. The predicted molar refractivity (Wildman–Crippen MR) is 135 cm³/mol. The molecule has 178 valence electrons. The number of amides is 2. The van der Waals surface area contributed by atoms with Crippen LogP contribution in [0.4, 0.5) is 0 Å². The molecule has 0 bridgehead atoms. The fourth-order valence-electron chi connectivity index (χ4n) is 3.96. The van der Waals surface area contributed by atoms with Crippen molar-refractivity contribution in [3.05, 3.63) is 118 Å². The van der Waals surface area contributed by atoms with Crippen LogP contribution in [0.25, 0.3) is 22.0 Å². The lowest BCUT2D eigenvalue weighted by Crippen LogP contribution is -2.42. The second-order valence-corrected chi connectivity index (χ2v) is 8.17. The van der Waals surface area contributed by atoms with Crippen molar-refractivity contribution in [3.63, 3.8) is 0 Å².